The lowest BCUT2D eigenvalue weighted by molar-refractivity contribution is -0.141. The van der Waals surface area contributed by atoms with Gasteiger partial charge in [-0.15, -0.1) is 0 Å². The molecule has 2 aliphatic rings. The summed E-state index contributed by atoms with van der Waals surface area (Å²) in [5.41, 5.74) is 0. The van der Waals surface area contributed by atoms with Crippen LogP contribution in [0, 0.1) is 0 Å². The SMILES string of the molecule is CC(C)c1n[nH]c([C@@H]2CN(C(=O)C[C@@H]3CCCO3)CCO2)n1. The van der Waals surface area contributed by atoms with Crippen LogP contribution in [0.15, 0.2) is 0 Å². The predicted octanol–water partition coefficient (Wildman–Crippen LogP) is 1.40. The summed E-state index contributed by atoms with van der Waals surface area (Å²) in [5, 5.41) is 7.15. The summed E-state index contributed by atoms with van der Waals surface area (Å²) >= 11 is 0. The second kappa shape index (κ2) is 6.75. The number of carbonyl (C=O) groups excluding carboxylic acids is 1. The highest BCUT2D eigenvalue weighted by Crippen LogP contribution is 2.23. The van der Waals surface area contributed by atoms with E-state index in [1.165, 1.54) is 0 Å². The van der Waals surface area contributed by atoms with Crippen LogP contribution in [0.4, 0.5) is 0 Å². The molecule has 1 aromatic rings. The second-order valence-electron chi connectivity index (χ2n) is 6.27. The number of hydrogen-bond donors (Lipinski definition) is 1. The Bertz CT molecular complexity index is 511. The van der Waals surface area contributed by atoms with Gasteiger partial charge in [0.1, 0.15) is 6.10 Å². The summed E-state index contributed by atoms with van der Waals surface area (Å²) in [6.45, 7) is 6.56. The van der Waals surface area contributed by atoms with E-state index < -0.39 is 0 Å². The van der Waals surface area contributed by atoms with E-state index in [2.05, 4.69) is 15.2 Å². The minimum absolute atomic E-state index is 0.0895. The van der Waals surface area contributed by atoms with Crippen LogP contribution in [0.2, 0.25) is 0 Å². The third-order valence-electron chi connectivity index (χ3n) is 4.19. The van der Waals surface area contributed by atoms with Gasteiger partial charge >= 0.3 is 0 Å². The summed E-state index contributed by atoms with van der Waals surface area (Å²) in [6.07, 6.45) is 2.38. The topological polar surface area (TPSA) is 80.3 Å². The number of nitrogens with one attached hydrogen (secondary N) is 1. The van der Waals surface area contributed by atoms with E-state index in [-0.39, 0.29) is 24.0 Å². The van der Waals surface area contributed by atoms with E-state index >= 15 is 0 Å². The zero-order valence-electron chi connectivity index (χ0n) is 13.2. The van der Waals surface area contributed by atoms with Gasteiger partial charge in [0.05, 0.1) is 25.7 Å². The number of ether oxygens (including phenoxy) is 2. The Morgan fingerprint density at radius 2 is 2.27 bits per heavy atom. The molecule has 2 atom stereocenters. The third kappa shape index (κ3) is 3.47. The molecule has 122 valence electrons. The van der Waals surface area contributed by atoms with Gasteiger partial charge in [0, 0.05) is 19.1 Å². The van der Waals surface area contributed by atoms with Crippen LogP contribution >= 0.6 is 0 Å². The van der Waals surface area contributed by atoms with E-state index in [4.69, 9.17) is 9.47 Å². The fourth-order valence-corrected chi connectivity index (χ4v) is 2.86. The summed E-state index contributed by atoms with van der Waals surface area (Å²) in [6, 6.07) is 0. The van der Waals surface area contributed by atoms with Crippen molar-refractivity contribution < 1.29 is 14.3 Å². The minimum Gasteiger partial charge on any atom is -0.378 e. The Balaban J connectivity index is 1.59. The highest BCUT2D eigenvalue weighted by molar-refractivity contribution is 5.76. The maximum atomic E-state index is 12.4. The maximum absolute atomic E-state index is 12.4. The van der Waals surface area contributed by atoms with Crippen LogP contribution in [0.5, 0.6) is 0 Å². The van der Waals surface area contributed by atoms with Gasteiger partial charge in [-0.3, -0.25) is 9.89 Å². The van der Waals surface area contributed by atoms with Crippen molar-refractivity contribution >= 4 is 5.91 Å². The Morgan fingerprint density at radius 3 is 2.95 bits per heavy atom. The first-order valence-electron chi connectivity index (χ1n) is 8.06. The molecule has 0 aliphatic carbocycles. The van der Waals surface area contributed by atoms with Crippen molar-refractivity contribution in [3.8, 4) is 0 Å². The molecular weight excluding hydrogens is 284 g/mol. The second-order valence-corrected chi connectivity index (χ2v) is 6.27. The highest BCUT2D eigenvalue weighted by Gasteiger charge is 2.30. The quantitative estimate of drug-likeness (QED) is 0.909. The van der Waals surface area contributed by atoms with Crippen LogP contribution in [0.25, 0.3) is 0 Å². The van der Waals surface area contributed by atoms with Crippen LogP contribution in [-0.2, 0) is 14.3 Å². The number of hydrogen-bond acceptors (Lipinski definition) is 5. The predicted molar refractivity (Wildman–Crippen MR) is 79.3 cm³/mol. The number of H-pyrrole nitrogens is 1. The first-order chi connectivity index (χ1) is 10.6. The van der Waals surface area contributed by atoms with E-state index in [1.54, 1.807) is 0 Å². The van der Waals surface area contributed by atoms with Crippen molar-refractivity contribution in [2.45, 2.75) is 51.2 Å². The molecule has 1 N–H and O–H groups in total. The normalized spacial score (nSPS) is 25.9. The number of morpholine rings is 1. The van der Waals surface area contributed by atoms with Crippen molar-refractivity contribution in [1.82, 2.24) is 20.1 Å². The smallest absolute Gasteiger partial charge is 0.225 e. The average molecular weight is 308 g/mol. The molecule has 3 heterocycles. The highest BCUT2D eigenvalue weighted by atomic mass is 16.5. The Morgan fingerprint density at radius 1 is 1.41 bits per heavy atom. The molecule has 0 spiro atoms. The summed E-state index contributed by atoms with van der Waals surface area (Å²) in [7, 11) is 0. The lowest BCUT2D eigenvalue weighted by Gasteiger charge is -2.32. The largest absolute Gasteiger partial charge is 0.378 e. The van der Waals surface area contributed by atoms with Crippen LogP contribution in [-0.4, -0.2) is 58.4 Å². The van der Waals surface area contributed by atoms with Crippen LogP contribution in [0.3, 0.4) is 0 Å². The number of aromatic amines is 1. The van der Waals surface area contributed by atoms with Crippen LogP contribution < -0.4 is 0 Å². The molecule has 0 saturated carbocycles. The summed E-state index contributed by atoms with van der Waals surface area (Å²) < 4.78 is 11.3. The molecule has 0 aromatic carbocycles. The lowest BCUT2D eigenvalue weighted by Crippen LogP contribution is -2.43. The maximum Gasteiger partial charge on any atom is 0.225 e. The number of amides is 1. The standard InChI is InChI=1S/C15H24N4O3/c1-10(2)14-16-15(18-17-14)12-9-19(5-7-22-12)13(20)8-11-4-3-6-21-11/h10-12H,3-9H2,1-2H3,(H,16,17,18)/t11-,12-/m0/s1. The molecule has 2 aliphatic heterocycles. The number of aromatic nitrogens is 3. The van der Waals surface area contributed by atoms with Crippen molar-refractivity contribution in [3.63, 3.8) is 0 Å². The zero-order valence-corrected chi connectivity index (χ0v) is 13.2. The van der Waals surface area contributed by atoms with Crippen molar-refractivity contribution in [1.29, 1.82) is 0 Å². The minimum atomic E-state index is -0.220. The number of nitrogens with zero attached hydrogens (tertiary/aromatic N) is 3. The molecule has 7 nitrogen and oxygen atoms in total. The molecule has 0 bridgehead atoms. The molecule has 0 radical (unpaired) electrons. The Labute approximate surface area is 130 Å². The van der Waals surface area contributed by atoms with E-state index in [9.17, 15) is 4.79 Å². The average Bonchev–Trinajstić information content (AvgIpc) is 3.18. The molecule has 1 aromatic heterocycles. The van der Waals surface area contributed by atoms with Gasteiger partial charge in [-0.1, -0.05) is 13.8 Å². The van der Waals surface area contributed by atoms with E-state index in [1.807, 2.05) is 18.7 Å². The Kier molecular flexibility index (Phi) is 4.73. The molecule has 3 rings (SSSR count). The fraction of sp³-hybridized carbons (Fsp3) is 0.800. The monoisotopic (exact) mass is 308 g/mol. The van der Waals surface area contributed by atoms with E-state index in [0.29, 0.717) is 31.9 Å². The van der Waals surface area contributed by atoms with Gasteiger partial charge in [0.25, 0.3) is 0 Å². The molecule has 2 saturated heterocycles. The van der Waals surface area contributed by atoms with Gasteiger partial charge < -0.3 is 14.4 Å². The number of carbonyl (C=O) groups is 1. The third-order valence-corrected chi connectivity index (χ3v) is 4.19. The molecule has 22 heavy (non-hydrogen) atoms. The first-order valence-corrected chi connectivity index (χ1v) is 8.06. The van der Waals surface area contributed by atoms with Crippen LogP contribution in [0.1, 0.15) is 56.8 Å². The van der Waals surface area contributed by atoms with Gasteiger partial charge in [-0.2, -0.15) is 5.10 Å². The van der Waals surface area contributed by atoms with Crippen molar-refractivity contribution in [2.75, 3.05) is 26.3 Å². The van der Waals surface area contributed by atoms with Crippen molar-refractivity contribution in [3.05, 3.63) is 11.6 Å². The Hall–Kier alpha value is -1.47. The zero-order chi connectivity index (χ0) is 15.5. The van der Waals surface area contributed by atoms with Gasteiger partial charge in [-0.05, 0) is 12.8 Å². The summed E-state index contributed by atoms with van der Waals surface area (Å²) in [5.74, 6) is 1.90. The molecule has 2 fully saturated rings. The molecule has 7 heteroatoms. The molecular formula is C15H24N4O3. The van der Waals surface area contributed by atoms with Gasteiger partial charge in [0.2, 0.25) is 5.91 Å². The van der Waals surface area contributed by atoms with Gasteiger partial charge in [0.15, 0.2) is 11.6 Å². The first kappa shape index (κ1) is 15.4. The molecule has 0 unspecified atom stereocenters. The van der Waals surface area contributed by atoms with Crippen molar-refractivity contribution in [2.24, 2.45) is 0 Å². The summed E-state index contributed by atoms with van der Waals surface area (Å²) in [4.78, 5) is 18.7. The lowest BCUT2D eigenvalue weighted by atomic mass is 10.1. The number of rotatable bonds is 4. The van der Waals surface area contributed by atoms with E-state index in [0.717, 1.165) is 25.3 Å². The molecule has 1 amide bonds. The fourth-order valence-electron chi connectivity index (χ4n) is 2.86. The van der Waals surface area contributed by atoms with Gasteiger partial charge in [-0.25, -0.2) is 4.98 Å².